The van der Waals surface area contributed by atoms with Gasteiger partial charge in [-0.25, -0.2) is 4.79 Å². The molecule has 0 radical (unpaired) electrons. The number of azo groups is 1. The van der Waals surface area contributed by atoms with Gasteiger partial charge in [0.2, 0.25) is 0 Å². The van der Waals surface area contributed by atoms with Gasteiger partial charge >= 0.3 is 5.97 Å². The quantitative estimate of drug-likeness (QED) is 0.576. The van der Waals surface area contributed by atoms with E-state index in [0.29, 0.717) is 21.0 Å². The predicted octanol–water partition coefficient (Wildman–Crippen LogP) is 5.14. The van der Waals surface area contributed by atoms with Crippen LogP contribution in [0.5, 0.6) is 0 Å². The van der Waals surface area contributed by atoms with Crippen molar-refractivity contribution in [2.45, 2.75) is 27.7 Å². The number of hydrogen-bond donors (Lipinski definition) is 0. The Hall–Kier alpha value is -2.52. The van der Waals surface area contributed by atoms with E-state index in [4.69, 9.17) is 10.00 Å². The zero-order valence-corrected chi connectivity index (χ0v) is 14.3. The molecule has 118 valence electrons. The van der Waals surface area contributed by atoms with Gasteiger partial charge in [0, 0.05) is 0 Å². The van der Waals surface area contributed by atoms with E-state index >= 15 is 0 Å². The van der Waals surface area contributed by atoms with Gasteiger partial charge in [0.05, 0.1) is 12.3 Å². The van der Waals surface area contributed by atoms with Crippen LogP contribution < -0.4 is 0 Å². The Kier molecular flexibility index (Phi) is 5.24. The summed E-state index contributed by atoms with van der Waals surface area (Å²) >= 11 is 1.15. The van der Waals surface area contributed by atoms with Gasteiger partial charge in [0.1, 0.15) is 16.5 Å². The topological polar surface area (TPSA) is 74.8 Å². The number of nitrogens with zero attached hydrogens (tertiary/aromatic N) is 3. The van der Waals surface area contributed by atoms with E-state index in [0.717, 1.165) is 28.2 Å². The summed E-state index contributed by atoms with van der Waals surface area (Å²) in [6.07, 6.45) is 0. The molecule has 1 heterocycles. The average molecular weight is 327 g/mol. The Labute approximate surface area is 139 Å². The number of benzene rings is 1. The third-order valence-corrected chi connectivity index (χ3v) is 4.39. The maximum atomic E-state index is 12.1. The normalized spacial score (nSPS) is 10.7. The van der Waals surface area contributed by atoms with Gasteiger partial charge in [0.15, 0.2) is 5.00 Å². The Balaban J connectivity index is 2.44. The van der Waals surface area contributed by atoms with E-state index in [-0.39, 0.29) is 6.61 Å². The van der Waals surface area contributed by atoms with E-state index in [1.165, 1.54) is 0 Å². The van der Waals surface area contributed by atoms with Crippen molar-refractivity contribution in [1.82, 2.24) is 0 Å². The van der Waals surface area contributed by atoms with Crippen LogP contribution in [0, 0.1) is 32.1 Å². The largest absolute Gasteiger partial charge is 0.462 e. The van der Waals surface area contributed by atoms with E-state index < -0.39 is 5.97 Å². The van der Waals surface area contributed by atoms with Crippen LogP contribution in [0.2, 0.25) is 0 Å². The Morgan fingerprint density at radius 1 is 1.30 bits per heavy atom. The fourth-order valence-corrected chi connectivity index (χ4v) is 3.05. The van der Waals surface area contributed by atoms with Crippen LogP contribution in [0.4, 0.5) is 10.7 Å². The summed E-state index contributed by atoms with van der Waals surface area (Å²) in [6.45, 7) is 7.69. The molecular formula is C17H17N3O2S. The van der Waals surface area contributed by atoms with Crippen LogP contribution in [0.1, 0.15) is 38.8 Å². The van der Waals surface area contributed by atoms with Gasteiger partial charge < -0.3 is 4.74 Å². The van der Waals surface area contributed by atoms with E-state index in [9.17, 15) is 4.79 Å². The molecular weight excluding hydrogens is 310 g/mol. The molecule has 0 atom stereocenters. The lowest BCUT2D eigenvalue weighted by Crippen LogP contribution is -2.05. The number of ether oxygens (including phenoxy) is 1. The lowest BCUT2D eigenvalue weighted by atomic mass is 10.1. The SMILES string of the molecule is CCOC(=O)c1c(N=Nc2ccc(C)cc2C)sc(C#N)c1C. The summed E-state index contributed by atoms with van der Waals surface area (Å²) in [7, 11) is 0. The first-order valence-electron chi connectivity index (χ1n) is 7.17. The molecule has 0 aliphatic rings. The lowest BCUT2D eigenvalue weighted by molar-refractivity contribution is 0.0527. The molecule has 0 aliphatic carbocycles. The highest BCUT2D eigenvalue weighted by Crippen LogP contribution is 2.36. The number of esters is 1. The number of rotatable bonds is 4. The summed E-state index contributed by atoms with van der Waals surface area (Å²) in [6, 6.07) is 7.93. The monoisotopic (exact) mass is 327 g/mol. The van der Waals surface area contributed by atoms with Crippen molar-refractivity contribution in [3.05, 3.63) is 45.3 Å². The molecule has 1 aromatic heterocycles. The highest BCUT2D eigenvalue weighted by atomic mass is 32.1. The van der Waals surface area contributed by atoms with Crippen molar-refractivity contribution >= 4 is 28.0 Å². The smallest absolute Gasteiger partial charge is 0.341 e. The second-order valence-electron chi connectivity index (χ2n) is 5.06. The molecule has 0 amide bonds. The number of thiophene rings is 1. The summed E-state index contributed by atoms with van der Waals surface area (Å²) in [5, 5.41) is 18.0. The molecule has 0 saturated carbocycles. The van der Waals surface area contributed by atoms with Gasteiger partial charge in [-0.3, -0.25) is 0 Å². The molecule has 0 unspecified atom stereocenters. The molecule has 0 spiro atoms. The summed E-state index contributed by atoms with van der Waals surface area (Å²) in [5.74, 6) is -0.475. The first-order valence-corrected chi connectivity index (χ1v) is 7.99. The zero-order chi connectivity index (χ0) is 17.0. The third kappa shape index (κ3) is 3.63. The molecule has 0 bridgehead atoms. The number of hydrogen-bond acceptors (Lipinski definition) is 6. The second kappa shape index (κ2) is 7.16. The Morgan fingerprint density at radius 2 is 2.04 bits per heavy atom. The van der Waals surface area contributed by atoms with Crippen LogP contribution in [-0.2, 0) is 4.74 Å². The molecule has 0 saturated heterocycles. The number of carbonyl (C=O) groups is 1. The van der Waals surface area contributed by atoms with Crippen LogP contribution in [-0.4, -0.2) is 12.6 Å². The van der Waals surface area contributed by atoms with Crippen molar-refractivity contribution in [3.8, 4) is 6.07 Å². The van der Waals surface area contributed by atoms with Gasteiger partial charge in [0.25, 0.3) is 0 Å². The average Bonchev–Trinajstić information content (AvgIpc) is 2.82. The van der Waals surface area contributed by atoms with Crippen molar-refractivity contribution in [1.29, 1.82) is 5.26 Å². The first kappa shape index (κ1) is 16.8. The zero-order valence-electron chi connectivity index (χ0n) is 13.5. The summed E-state index contributed by atoms with van der Waals surface area (Å²) in [4.78, 5) is 12.6. The van der Waals surface area contributed by atoms with Gasteiger partial charge in [-0.15, -0.1) is 21.6 Å². The summed E-state index contributed by atoms with van der Waals surface area (Å²) < 4.78 is 5.06. The Morgan fingerprint density at radius 3 is 2.65 bits per heavy atom. The molecule has 6 heteroatoms. The lowest BCUT2D eigenvalue weighted by Gasteiger charge is -2.02. The molecule has 1 aromatic carbocycles. The molecule has 2 aromatic rings. The fraction of sp³-hybridized carbons (Fsp3) is 0.294. The summed E-state index contributed by atoms with van der Waals surface area (Å²) in [5.41, 5.74) is 3.79. The Bertz CT molecular complexity index is 816. The predicted molar refractivity (Wildman–Crippen MR) is 89.8 cm³/mol. The highest BCUT2D eigenvalue weighted by molar-refractivity contribution is 7.16. The first-order chi connectivity index (χ1) is 11.0. The number of carbonyl (C=O) groups excluding carboxylic acids is 1. The maximum absolute atomic E-state index is 12.1. The molecule has 23 heavy (non-hydrogen) atoms. The standard InChI is InChI=1S/C17H17N3O2S/c1-5-22-17(21)15-12(4)14(9-18)23-16(15)20-19-13-7-6-10(2)8-11(13)3/h6-8H,5H2,1-4H3. The van der Waals surface area contributed by atoms with Crippen LogP contribution >= 0.6 is 11.3 Å². The van der Waals surface area contributed by atoms with E-state index in [2.05, 4.69) is 16.3 Å². The molecule has 2 rings (SSSR count). The second-order valence-corrected chi connectivity index (χ2v) is 6.06. The van der Waals surface area contributed by atoms with Crippen LogP contribution in [0.25, 0.3) is 0 Å². The molecule has 0 fully saturated rings. The minimum Gasteiger partial charge on any atom is -0.462 e. The van der Waals surface area contributed by atoms with Crippen LogP contribution in [0.3, 0.4) is 0 Å². The number of aryl methyl sites for hydroxylation is 2. The fourth-order valence-electron chi connectivity index (χ4n) is 2.14. The molecule has 5 nitrogen and oxygen atoms in total. The van der Waals surface area contributed by atoms with E-state index in [1.54, 1.807) is 13.8 Å². The minimum absolute atomic E-state index is 0.268. The van der Waals surface area contributed by atoms with E-state index in [1.807, 2.05) is 32.0 Å². The maximum Gasteiger partial charge on any atom is 0.341 e. The minimum atomic E-state index is -0.475. The van der Waals surface area contributed by atoms with Crippen molar-refractivity contribution in [2.24, 2.45) is 10.2 Å². The molecule has 0 N–H and O–H groups in total. The van der Waals surface area contributed by atoms with Crippen molar-refractivity contribution < 1.29 is 9.53 Å². The highest BCUT2D eigenvalue weighted by Gasteiger charge is 2.22. The third-order valence-electron chi connectivity index (χ3n) is 3.31. The van der Waals surface area contributed by atoms with Gasteiger partial charge in [-0.05, 0) is 44.9 Å². The van der Waals surface area contributed by atoms with Crippen molar-refractivity contribution in [3.63, 3.8) is 0 Å². The number of nitriles is 1. The van der Waals surface area contributed by atoms with Gasteiger partial charge in [-0.1, -0.05) is 17.7 Å². The van der Waals surface area contributed by atoms with Gasteiger partial charge in [-0.2, -0.15) is 5.26 Å². The molecule has 0 aliphatic heterocycles. The van der Waals surface area contributed by atoms with Crippen LogP contribution in [0.15, 0.2) is 28.4 Å². The van der Waals surface area contributed by atoms with Crippen molar-refractivity contribution in [2.75, 3.05) is 6.61 Å².